The fourth-order valence-corrected chi connectivity index (χ4v) is 4.08. The monoisotopic (exact) mass is 270 g/mol. The van der Waals surface area contributed by atoms with Crippen LogP contribution in [-0.4, -0.2) is 49.2 Å². The molecule has 0 radical (unpaired) electrons. The van der Waals surface area contributed by atoms with Gasteiger partial charge in [0.05, 0.1) is 18.3 Å². The van der Waals surface area contributed by atoms with Crippen LogP contribution in [0.3, 0.4) is 0 Å². The Balaban J connectivity index is 4.30. The van der Waals surface area contributed by atoms with E-state index >= 15 is 0 Å². The van der Waals surface area contributed by atoms with Gasteiger partial charge in [-0.2, -0.15) is 0 Å². The molecule has 16 heavy (non-hydrogen) atoms. The first kappa shape index (κ1) is 15.6. The van der Waals surface area contributed by atoms with Crippen molar-refractivity contribution in [2.75, 3.05) is 30.6 Å². The van der Waals surface area contributed by atoms with Gasteiger partial charge in [0.2, 0.25) is 0 Å². The molecule has 7 heteroatoms. The van der Waals surface area contributed by atoms with E-state index < -0.39 is 32.0 Å². The van der Waals surface area contributed by atoms with Gasteiger partial charge < -0.3 is 4.74 Å². The van der Waals surface area contributed by atoms with Crippen molar-refractivity contribution in [1.82, 2.24) is 0 Å². The number of carbonyl (C=O) groups excluding carboxylic acids is 1. The van der Waals surface area contributed by atoms with Crippen LogP contribution in [0.15, 0.2) is 0 Å². The highest BCUT2D eigenvalue weighted by molar-refractivity contribution is 7.92. The number of hydrogen-bond acceptors (Lipinski definition) is 5. The van der Waals surface area contributed by atoms with Crippen LogP contribution in [0.2, 0.25) is 0 Å². The molecule has 0 amide bonds. The summed E-state index contributed by atoms with van der Waals surface area (Å²) in [4.78, 5) is 11.3. The van der Waals surface area contributed by atoms with Crippen molar-refractivity contribution in [3.8, 4) is 0 Å². The smallest absolute Gasteiger partial charge is 0.312 e. The van der Waals surface area contributed by atoms with E-state index in [1.165, 1.54) is 7.11 Å². The zero-order chi connectivity index (χ0) is 13.0. The molecular weight excluding hydrogens is 252 g/mol. The molecule has 5 nitrogen and oxygen atoms in total. The average molecular weight is 270 g/mol. The summed E-state index contributed by atoms with van der Waals surface area (Å²) < 4.78 is 37.9. The maximum atomic E-state index is 11.6. The third kappa shape index (κ3) is 6.22. The second kappa shape index (κ2) is 5.77. The molecule has 0 rings (SSSR count). The number of sulfone groups is 1. The highest BCUT2D eigenvalue weighted by Gasteiger charge is 2.31. The highest BCUT2D eigenvalue weighted by Crippen LogP contribution is 2.18. The van der Waals surface area contributed by atoms with Crippen LogP contribution in [0.5, 0.6) is 0 Å². The molecule has 0 aliphatic carbocycles. The van der Waals surface area contributed by atoms with Gasteiger partial charge in [-0.3, -0.25) is 9.00 Å². The van der Waals surface area contributed by atoms with Crippen molar-refractivity contribution in [2.45, 2.75) is 13.8 Å². The quantitative estimate of drug-likeness (QED) is 0.634. The van der Waals surface area contributed by atoms with Gasteiger partial charge in [0.15, 0.2) is 0 Å². The molecule has 0 aromatic heterocycles. The normalized spacial score (nSPS) is 14.5. The van der Waals surface area contributed by atoms with Crippen LogP contribution < -0.4 is 0 Å². The summed E-state index contributed by atoms with van der Waals surface area (Å²) in [7, 11) is -3.18. The first-order valence-electron chi connectivity index (χ1n) is 4.69. The second-order valence-corrected chi connectivity index (χ2v) is 8.13. The van der Waals surface area contributed by atoms with Crippen molar-refractivity contribution < 1.29 is 22.2 Å². The average Bonchev–Trinajstić information content (AvgIpc) is 2.11. The Labute approximate surface area is 98.9 Å². The second-order valence-electron chi connectivity index (χ2n) is 4.29. The van der Waals surface area contributed by atoms with Crippen molar-refractivity contribution >= 4 is 26.6 Å². The van der Waals surface area contributed by atoms with E-state index in [0.29, 0.717) is 0 Å². The molecule has 0 fully saturated rings. The lowest BCUT2D eigenvalue weighted by atomic mass is 9.97. The molecular formula is C9H18O5S2. The Bertz CT molecular complexity index is 369. The highest BCUT2D eigenvalue weighted by atomic mass is 32.2. The Morgan fingerprint density at radius 1 is 1.38 bits per heavy atom. The first-order chi connectivity index (χ1) is 7.08. The van der Waals surface area contributed by atoms with Gasteiger partial charge in [0.25, 0.3) is 0 Å². The van der Waals surface area contributed by atoms with Gasteiger partial charge in [-0.15, -0.1) is 0 Å². The topological polar surface area (TPSA) is 77.5 Å². The summed E-state index contributed by atoms with van der Waals surface area (Å²) in [5.41, 5.74) is -0.850. The predicted molar refractivity (Wildman–Crippen MR) is 63.4 cm³/mol. The van der Waals surface area contributed by atoms with Gasteiger partial charge in [0, 0.05) is 28.6 Å². The molecule has 0 saturated heterocycles. The molecule has 0 bridgehead atoms. The Morgan fingerprint density at radius 3 is 2.25 bits per heavy atom. The summed E-state index contributed by atoms with van der Waals surface area (Å²) in [5, 5.41) is 0. The SMILES string of the molecule is COC(=O)C(C)(C)CS(=O)CCS(C)(=O)=O. The maximum Gasteiger partial charge on any atom is 0.312 e. The Kier molecular flexibility index (Phi) is 5.61. The zero-order valence-corrected chi connectivity index (χ0v) is 11.6. The first-order valence-corrected chi connectivity index (χ1v) is 8.24. The van der Waals surface area contributed by atoms with E-state index in [1.54, 1.807) is 13.8 Å². The molecule has 0 heterocycles. The molecule has 0 aliphatic heterocycles. The van der Waals surface area contributed by atoms with E-state index in [9.17, 15) is 17.4 Å². The zero-order valence-electron chi connectivity index (χ0n) is 9.98. The molecule has 1 unspecified atom stereocenters. The Hall–Kier alpha value is -0.430. The van der Waals surface area contributed by atoms with E-state index in [2.05, 4.69) is 4.74 Å². The van der Waals surface area contributed by atoms with Crippen molar-refractivity contribution in [2.24, 2.45) is 5.41 Å². The lowest BCUT2D eigenvalue weighted by Gasteiger charge is -2.20. The number of rotatable bonds is 6. The standard InChI is InChI=1S/C9H18O5S2/c1-9(2,8(10)14-3)7-15(11)5-6-16(4,12)13/h5-7H2,1-4H3. The Morgan fingerprint density at radius 2 is 1.88 bits per heavy atom. The summed E-state index contributed by atoms with van der Waals surface area (Å²) in [6, 6.07) is 0. The maximum absolute atomic E-state index is 11.6. The van der Waals surface area contributed by atoms with Crippen LogP contribution in [0, 0.1) is 5.41 Å². The number of ether oxygens (including phenoxy) is 1. The van der Waals surface area contributed by atoms with Gasteiger partial charge >= 0.3 is 5.97 Å². The molecule has 0 aromatic rings. The van der Waals surface area contributed by atoms with Crippen LogP contribution >= 0.6 is 0 Å². The summed E-state index contributed by atoms with van der Waals surface area (Å²) in [6.45, 7) is 3.24. The third-order valence-corrected chi connectivity index (χ3v) is 4.85. The third-order valence-electron chi connectivity index (χ3n) is 1.94. The molecule has 0 saturated carbocycles. The lowest BCUT2D eigenvalue weighted by Crippen LogP contribution is -2.32. The summed E-state index contributed by atoms with van der Waals surface area (Å²) in [5.74, 6) is -0.411. The number of carbonyl (C=O) groups is 1. The number of esters is 1. The van der Waals surface area contributed by atoms with Crippen molar-refractivity contribution in [3.05, 3.63) is 0 Å². The van der Waals surface area contributed by atoms with Crippen LogP contribution in [0.1, 0.15) is 13.8 Å². The minimum absolute atomic E-state index is 0.0548. The molecule has 0 aromatic carbocycles. The molecule has 0 N–H and O–H groups in total. The fourth-order valence-electron chi connectivity index (χ4n) is 1.05. The summed E-state index contributed by atoms with van der Waals surface area (Å²) in [6.07, 6.45) is 1.09. The summed E-state index contributed by atoms with van der Waals surface area (Å²) >= 11 is 0. The molecule has 0 spiro atoms. The van der Waals surface area contributed by atoms with E-state index in [0.717, 1.165) is 6.26 Å². The minimum Gasteiger partial charge on any atom is -0.469 e. The van der Waals surface area contributed by atoms with Crippen molar-refractivity contribution in [3.63, 3.8) is 0 Å². The van der Waals surface area contributed by atoms with E-state index in [-0.39, 0.29) is 17.3 Å². The number of methoxy groups -OCH3 is 1. The van der Waals surface area contributed by atoms with Gasteiger partial charge in [-0.05, 0) is 13.8 Å². The lowest BCUT2D eigenvalue weighted by molar-refractivity contribution is -0.149. The van der Waals surface area contributed by atoms with Gasteiger partial charge in [-0.1, -0.05) is 0 Å². The minimum atomic E-state index is -3.11. The fraction of sp³-hybridized carbons (Fsp3) is 0.889. The largest absolute Gasteiger partial charge is 0.469 e. The molecule has 0 aliphatic rings. The van der Waals surface area contributed by atoms with Crippen LogP contribution in [-0.2, 0) is 30.2 Å². The number of hydrogen-bond donors (Lipinski definition) is 0. The van der Waals surface area contributed by atoms with Gasteiger partial charge in [-0.25, -0.2) is 8.42 Å². The molecule has 1 atom stereocenters. The molecule has 96 valence electrons. The van der Waals surface area contributed by atoms with Crippen molar-refractivity contribution in [1.29, 1.82) is 0 Å². The van der Waals surface area contributed by atoms with Gasteiger partial charge in [0.1, 0.15) is 9.84 Å². The van der Waals surface area contributed by atoms with Crippen LogP contribution in [0.25, 0.3) is 0 Å². The van der Waals surface area contributed by atoms with Crippen LogP contribution in [0.4, 0.5) is 0 Å². The van der Waals surface area contributed by atoms with E-state index in [1.807, 2.05) is 0 Å². The predicted octanol–water partition coefficient (Wildman–Crippen LogP) is -0.0211. The van der Waals surface area contributed by atoms with E-state index in [4.69, 9.17) is 0 Å².